The molecule has 0 saturated carbocycles. The number of carbonyl (C=O) groups excluding carboxylic acids is 1. The molecule has 1 N–H and O–H groups in total. The SMILES string of the molecule is N#C[C@H]1CC=C(c2cccs2)NC1=O. The number of hydrogen-bond acceptors (Lipinski definition) is 3. The van der Waals surface area contributed by atoms with E-state index in [9.17, 15) is 4.79 Å². The zero-order chi connectivity index (χ0) is 9.97. The highest BCUT2D eigenvalue weighted by Crippen LogP contribution is 2.23. The molecule has 1 amide bonds. The molecule has 1 atom stereocenters. The Balaban J connectivity index is 2.23. The Morgan fingerprint density at radius 3 is 3.07 bits per heavy atom. The van der Waals surface area contributed by atoms with E-state index in [1.807, 2.05) is 29.7 Å². The first-order valence-electron chi connectivity index (χ1n) is 4.26. The molecule has 1 aliphatic rings. The first-order valence-corrected chi connectivity index (χ1v) is 5.14. The molecule has 3 nitrogen and oxygen atoms in total. The van der Waals surface area contributed by atoms with Crippen molar-refractivity contribution in [2.75, 3.05) is 0 Å². The lowest BCUT2D eigenvalue weighted by atomic mass is 10.0. The van der Waals surface area contributed by atoms with Gasteiger partial charge in [0.1, 0.15) is 5.92 Å². The number of hydrogen-bond donors (Lipinski definition) is 1. The third kappa shape index (κ3) is 1.54. The van der Waals surface area contributed by atoms with Crippen molar-refractivity contribution < 1.29 is 4.79 Å². The van der Waals surface area contributed by atoms with Crippen molar-refractivity contribution in [1.82, 2.24) is 5.32 Å². The predicted octanol–water partition coefficient (Wildman–Crippen LogP) is 1.75. The van der Waals surface area contributed by atoms with Crippen LogP contribution in [0.1, 0.15) is 11.3 Å². The quantitative estimate of drug-likeness (QED) is 0.757. The van der Waals surface area contributed by atoms with E-state index in [0.29, 0.717) is 6.42 Å². The summed E-state index contributed by atoms with van der Waals surface area (Å²) in [6, 6.07) is 5.85. The summed E-state index contributed by atoms with van der Waals surface area (Å²) in [5.41, 5.74) is 0.830. The van der Waals surface area contributed by atoms with Crippen LogP contribution in [0, 0.1) is 17.2 Å². The van der Waals surface area contributed by atoms with Gasteiger partial charge < -0.3 is 5.32 Å². The van der Waals surface area contributed by atoms with E-state index in [-0.39, 0.29) is 5.91 Å². The summed E-state index contributed by atoms with van der Waals surface area (Å²) < 4.78 is 0. The lowest BCUT2D eigenvalue weighted by Crippen LogP contribution is -2.31. The fourth-order valence-corrected chi connectivity index (χ4v) is 2.04. The second-order valence-electron chi connectivity index (χ2n) is 3.00. The molecule has 1 aromatic heterocycles. The molecule has 0 aliphatic carbocycles. The molecule has 0 saturated heterocycles. The van der Waals surface area contributed by atoms with Crippen LogP contribution >= 0.6 is 11.3 Å². The van der Waals surface area contributed by atoms with Crippen molar-refractivity contribution in [3.63, 3.8) is 0 Å². The van der Waals surface area contributed by atoms with Crippen LogP contribution in [-0.4, -0.2) is 5.91 Å². The Morgan fingerprint density at radius 1 is 1.64 bits per heavy atom. The van der Waals surface area contributed by atoms with Gasteiger partial charge in [-0.2, -0.15) is 5.26 Å². The Bertz CT molecular complexity index is 414. The normalized spacial score (nSPS) is 20.9. The van der Waals surface area contributed by atoms with Crippen LogP contribution in [0.25, 0.3) is 5.70 Å². The van der Waals surface area contributed by atoms with E-state index in [0.717, 1.165) is 10.6 Å². The van der Waals surface area contributed by atoms with Gasteiger partial charge in [0.25, 0.3) is 0 Å². The minimum absolute atomic E-state index is 0.196. The van der Waals surface area contributed by atoms with E-state index in [1.54, 1.807) is 11.3 Å². The lowest BCUT2D eigenvalue weighted by Gasteiger charge is -2.16. The molecule has 14 heavy (non-hydrogen) atoms. The number of thiophene rings is 1. The zero-order valence-electron chi connectivity index (χ0n) is 7.36. The predicted molar refractivity (Wildman–Crippen MR) is 54.2 cm³/mol. The van der Waals surface area contributed by atoms with Crippen molar-refractivity contribution in [3.05, 3.63) is 28.5 Å². The Morgan fingerprint density at radius 2 is 2.50 bits per heavy atom. The highest BCUT2D eigenvalue weighted by Gasteiger charge is 2.22. The minimum Gasteiger partial charge on any atom is -0.324 e. The van der Waals surface area contributed by atoms with Gasteiger partial charge in [-0.05, 0) is 17.9 Å². The molecule has 1 aromatic rings. The number of nitriles is 1. The third-order valence-electron chi connectivity index (χ3n) is 2.07. The molecular formula is C10H8N2OS. The molecule has 2 rings (SSSR count). The number of rotatable bonds is 1. The van der Waals surface area contributed by atoms with Crippen LogP contribution in [0.3, 0.4) is 0 Å². The van der Waals surface area contributed by atoms with Gasteiger partial charge in [0.05, 0.1) is 16.6 Å². The molecule has 0 unspecified atom stereocenters. The van der Waals surface area contributed by atoms with Crippen molar-refractivity contribution in [1.29, 1.82) is 5.26 Å². The van der Waals surface area contributed by atoms with Crippen LogP contribution in [0.4, 0.5) is 0 Å². The molecule has 1 aliphatic heterocycles. The highest BCUT2D eigenvalue weighted by molar-refractivity contribution is 7.11. The number of carbonyl (C=O) groups is 1. The summed E-state index contributed by atoms with van der Waals surface area (Å²) in [6.45, 7) is 0. The van der Waals surface area contributed by atoms with Crippen LogP contribution in [0.5, 0.6) is 0 Å². The molecule has 4 heteroatoms. The zero-order valence-corrected chi connectivity index (χ0v) is 8.17. The average Bonchev–Trinajstić information content (AvgIpc) is 2.70. The van der Waals surface area contributed by atoms with E-state index in [2.05, 4.69) is 5.32 Å². The minimum atomic E-state index is -0.529. The standard InChI is InChI=1S/C10H8N2OS/c11-6-7-3-4-8(12-10(7)13)9-2-1-5-14-9/h1-2,4-5,7H,3H2,(H,12,13)/t7-/m1/s1. The average molecular weight is 204 g/mol. The Kier molecular flexibility index (Phi) is 2.33. The summed E-state index contributed by atoms with van der Waals surface area (Å²) >= 11 is 1.57. The van der Waals surface area contributed by atoms with Crippen molar-refractivity contribution in [3.8, 4) is 6.07 Å². The smallest absolute Gasteiger partial charge is 0.242 e. The number of nitrogens with zero attached hydrogens (tertiary/aromatic N) is 1. The molecule has 0 spiro atoms. The largest absolute Gasteiger partial charge is 0.324 e. The molecular weight excluding hydrogens is 196 g/mol. The van der Waals surface area contributed by atoms with Crippen LogP contribution in [0.15, 0.2) is 23.6 Å². The molecule has 2 heterocycles. The second-order valence-corrected chi connectivity index (χ2v) is 3.95. The van der Waals surface area contributed by atoms with E-state index < -0.39 is 5.92 Å². The Hall–Kier alpha value is -1.60. The van der Waals surface area contributed by atoms with Gasteiger partial charge in [0.2, 0.25) is 5.91 Å². The van der Waals surface area contributed by atoms with Gasteiger partial charge >= 0.3 is 0 Å². The molecule has 0 aromatic carbocycles. The highest BCUT2D eigenvalue weighted by atomic mass is 32.1. The second kappa shape index (κ2) is 3.64. The van der Waals surface area contributed by atoms with Crippen molar-refractivity contribution >= 4 is 22.9 Å². The van der Waals surface area contributed by atoms with Gasteiger partial charge in [0.15, 0.2) is 0 Å². The lowest BCUT2D eigenvalue weighted by molar-refractivity contribution is -0.122. The number of allylic oxidation sites excluding steroid dienone is 1. The van der Waals surface area contributed by atoms with Gasteiger partial charge in [-0.25, -0.2) is 0 Å². The summed E-state index contributed by atoms with van der Waals surface area (Å²) in [6.07, 6.45) is 2.41. The summed E-state index contributed by atoms with van der Waals surface area (Å²) in [7, 11) is 0. The maximum atomic E-state index is 11.4. The van der Waals surface area contributed by atoms with Crippen LogP contribution in [0.2, 0.25) is 0 Å². The first kappa shape index (κ1) is 8.97. The fraction of sp³-hybridized carbons (Fsp3) is 0.200. The maximum Gasteiger partial charge on any atom is 0.242 e. The number of amides is 1. The third-order valence-corrected chi connectivity index (χ3v) is 2.98. The van der Waals surface area contributed by atoms with Gasteiger partial charge in [-0.15, -0.1) is 11.3 Å². The van der Waals surface area contributed by atoms with Gasteiger partial charge in [-0.3, -0.25) is 4.79 Å². The summed E-state index contributed by atoms with van der Waals surface area (Å²) in [5, 5.41) is 13.3. The topological polar surface area (TPSA) is 52.9 Å². The van der Waals surface area contributed by atoms with E-state index in [4.69, 9.17) is 5.26 Å². The van der Waals surface area contributed by atoms with Crippen molar-refractivity contribution in [2.24, 2.45) is 5.92 Å². The fourth-order valence-electron chi connectivity index (χ4n) is 1.32. The maximum absolute atomic E-state index is 11.4. The molecule has 0 bridgehead atoms. The summed E-state index contributed by atoms with van der Waals surface area (Å²) in [4.78, 5) is 12.4. The molecule has 0 radical (unpaired) electrons. The first-order chi connectivity index (χ1) is 6.81. The molecule has 0 fully saturated rings. The van der Waals surface area contributed by atoms with Gasteiger partial charge in [0, 0.05) is 0 Å². The van der Waals surface area contributed by atoms with Crippen LogP contribution in [-0.2, 0) is 4.79 Å². The monoisotopic (exact) mass is 204 g/mol. The van der Waals surface area contributed by atoms with Crippen molar-refractivity contribution in [2.45, 2.75) is 6.42 Å². The van der Waals surface area contributed by atoms with Crippen LogP contribution < -0.4 is 5.32 Å². The Labute approximate surface area is 85.7 Å². The summed E-state index contributed by atoms with van der Waals surface area (Å²) in [5.74, 6) is -0.725. The van der Waals surface area contributed by atoms with E-state index >= 15 is 0 Å². The number of nitrogens with one attached hydrogen (secondary N) is 1. The van der Waals surface area contributed by atoms with E-state index in [1.165, 1.54) is 0 Å². The molecule has 70 valence electrons. The van der Waals surface area contributed by atoms with Gasteiger partial charge in [-0.1, -0.05) is 12.1 Å².